The molecule has 1 heterocycles. The summed E-state index contributed by atoms with van der Waals surface area (Å²) in [4.78, 5) is 23.1. The number of ether oxygens (including phenoxy) is 1. The molecule has 1 rings (SSSR count). The van der Waals surface area contributed by atoms with E-state index < -0.39 is 0 Å². The van der Waals surface area contributed by atoms with E-state index in [0.29, 0.717) is 10.9 Å². The predicted molar refractivity (Wildman–Crippen MR) is 62.4 cm³/mol. The van der Waals surface area contributed by atoms with Gasteiger partial charge in [-0.25, -0.2) is 0 Å². The SMILES string of the molecule is COC(=O)CCC(=O)NCc1ccc(Cl)s1. The topological polar surface area (TPSA) is 55.4 Å². The summed E-state index contributed by atoms with van der Waals surface area (Å²) in [5.41, 5.74) is 0. The number of carbonyl (C=O) groups is 2. The lowest BCUT2D eigenvalue weighted by Crippen LogP contribution is -2.22. The molecule has 0 unspecified atom stereocenters. The van der Waals surface area contributed by atoms with Crippen LogP contribution < -0.4 is 5.32 Å². The van der Waals surface area contributed by atoms with Gasteiger partial charge in [0.05, 0.1) is 24.4 Å². The van der Waals surface area contributed by atoms with Crippen LogP contribution in [0.5, 0.6) is 0 Å². The molecule has 0 saturated heterocycles. The van der Waals surface area contributed by atoms with Crippen LogP contribution in [0.2, 0.25) is 4.34 Å². The third kappa shape index (κ3) is 4.63. The van der Waals surface area contributed by atoms with Crippen molar-refractivity contribution >= 4 is 34.8 Å². The lowest BCUT2D eigenvalue weighted by molar-refractivity contribution is -0.142. The van der Waals surface area contributed by atoms with Crippen molar-refractivity contribution in [1.29, 1.82) is 0 Å². The molecule has 0 saturated carbocycles. The number of hydrogen-bond acceptors (Lipinski definition) is 4. The van der Waals surface area contributed by atoms with Crippen LogP contribution in [-0.2, 0) is 20.9 Å². The first-order chi connectivity index (χ1) is 7.61. The number of thiophene rings is 1. The van der Waals surface area contributed by atoms with Crippen molar-refractivity contribution in [3.05, 3.63) is 21.3 Å². The van der Waals surface area contributed by atoms with Gasteiger partial charge in [0.1, 0.15) is 0 Å². The highest BCUT2D eigenvalue weighted by Crippen LogP contribution is 2.20. The largest absolute Gasteiger partial charge is 0.469 e. The van der Waals surface area contributed by atoms with Gasteiger partial charge in [-0.1, -0.05) is 11.6 Å². The van der Waals surface area contributed by atoms with Crippen LogP contribution in [0.3, 0.4) is 0 Å². The third-order valence-corrected chi connectivity index (χ3v) is 3.10. The number of methoxy groups -OCH3 is 1. The quantitative estimate of drug-likeness (QED) is 0.825. The van der Waals surface area contributed by atoms with Gasteiger partial charge in [-0.2, -0.15) is 0 Å². The Labute approximate surface area is 103 Å². The first kappa shape index (κ1) is 13.0. The van der Waals surface area contributed by atoms with E-state index in [1.54, 1.807) is 6.07 Å². The van der Waals surface area contributed by atoms with Crippen molar-refractivity contribution < 1.29 is 14.3 Å². The third-order valence-electron chi connectivity index (χ3n) is 1.87. The van der Waals surface area contributed by atoms with E-state index in [-0.39, 0.29) is 24.7 Å². The van der Waals surface area contributed by atoms with Gasteiger partial charge in [0.15, 0.2) is 0 Å². The van der Waals surface area contributed by atoms with Gasteiger partial charge in [-0.3, -0.25) is 9.59 Å². The Hall–Kier alpha value is -1.07. The Bertz CT molecular complexity index is 378. The Morgan fingerprint density at radius 3 is 2.75 bits per heavy atom. The number of amides is 1. The van der Waals surface area contributed by atoms with Crippen LogP contribution in [-0.4, -0.2) is 19.0 Å². The second-order valence-corrected chi connectivity index (χ2v) is 4.86. The Morgan fingerprint density at radius 2 is 2.19 bits per heavy atom. The van der Waals surface area contributed by atoms with Gasteiger partial charge in [-0.05, 0) is 12.1 Å². The summed E-state index contributed by atoms with van der Waals surface area (Å²) in [6, 6.07) is 3.63. The van der Waals surface area contributed by atoms with E-state index in [1.165, 1.54) is 18.4 Å². The van der Waals surface area contributed by atoms with E-state index in [4.69, 9.17) is 11.6 Å². The molecule has 1 amide bonds. The van der Waals surface area contributed by atoms with Crippen LogP contribution in [0, 0.1) is 0 Å². The van der Waals surface area contributed by atoms with Crippen molar-refractivity contribution in [2.45, 2.75) is 19.4 Å². The molecular weight excluding hydrogens is 250 g/mol. The zero-order valence-electron chi connectivity index (χ0n) is 8.79. The number of halogens is 1. The summed E-state index contributed by atoms with van der Waals surface area (Å²) < 4.78 is 5.13. The molecule has 0 aromatic carbocycles. The second-order valence-electron chi connectivity index (χ2n) is 3.06. The first-order valence-corrected chi connectivity index (χ1v) is 5.89. The van der Waals surface area contributed by atoms with Gasteiger partial charge >= 0.3 is 5.97 Å². The summed E-state index contributed by atoms with van der Waals surface area (Å²) in [6.07, 6.45) is 0.249. The number of nitrogens with one attached hydrogen (secondary N) is 1. The molecule has 0 atom stereocenters. The number of hydrogen-bond donors (Lipinski definition) is 1. The number of esters is 1. The lowest BCUT2D eigenvalue weighted by atomic mass is 10.3. The van der Waals surface area contributed by atoms with Gasteiger partial charge < -0.3 is 10.1 Å². The van der Waals surface area contributed by atoms with Gasteiger partial charge in [0.25, 0.3) is 0 Å². The van der Waals surface area contributed by atoms with Crippen LogP contribution in [0.15, 0.2) is 12.1 Å². The Balaban J connectivity index is 2.22. The molecular formula is C10H12ClNO3S. The lowest BCUT2D eigenvalue weighted by Gasteiger charge is -2.02. The van der Waals surface area contributed by atoms with E-state index in [9.17, 15) is 9.59 Å². The zero-order chi connectivity index (χ0) is 12.0. The van der Waals surface area contributed by atoms with Crippen molar-refractivity contribution in [2.24, 2.45) is 0 Å². The maximum atomic E-state index is 11.3. The molecule has 0 aliphatic heterocycles. The fourth-order valence-electron chi connectivity index (χ4n) is 1.04. The highest BCUT2D eigenvalue weighted by atomic mass is 35.5. The fraction of sp³-hybridized carbons (Fsp3) is 0.400. The monoisotopic (exact) mass is 261 g/mol. The van der Waals surface area contributed by atoms with Crippen molar-refractivity contribution in [2.75, 3.05) is 7.11 Å². The summed E-state index contributed by atoms with van der Waals surface area (Å²) in [7, 11) is 1.30. The first-order valence-electron chi connectivity index (χ1n) is 4.69. The molecule has 1 aromatic heterocycles. The molecule has 6 heteroatoms. The maximum absolute atomic E-state index is 11.3. The minimum absolute atomic E-state index is 0.105. The summed E-state index contributed by atoms with van der Waals surface area (Å²) >= 11 is 7.16. The minimum atomic E-state index is -0.380. The molecule has 16 heavy (non-hydrogen) atoms. The summed E-state index contributed by atoms with van der Waals surface area (Å²) in [5, 5.41) is 2.70. The molecule has 88 valence electrons. The van der Waals surface area contributed by atoms with Crippen molar-refractivity contribution in [3.8, 4) is 0 Å². The van der Waals surface area contributed by atoms with Crippen LogP contribution in [0.25, 0.3) is 0 Å². The summed E-state index contributed by atoms with van der Waals surface area (Å²) in [5.74, 6) is -0.552. The standard InChI is InChI=1S/C10H12ClNO3S/c1-15-10(14)5-4-9(13)12-6-7-2-3-8(11)16-7/h2-3H,4-6H2,1H3,(H,12,13). The highest BCUT2D eigenvalue weighted by Gasteiger charge is 2.06. The molecule has 0 radical (unpaired) electrons. The molecule has 0 aliphatic carbocycles. The van der Waals surface area contributed by atoms with E-state index in [1.807, 2.05) is 6.07 Å². The minimum Gasteiger partial charge on any atom is -0.469 e. The normalized spacial score (nSPS) is 9.88. The van der Waals surface area contributed by atoms with E-state index in [0.717, 1.165) is 4.88 Å². The Morgan fingerprint density at radius 1 is 1.44 bits per heavy atom. The van der Waals surface area contributed by atoms with Crippen LogP contribution >= 0.6 is 22.9 Å². The molecule has 0 bridgehead atoms. The smallest absolute Gasteiger partial charge is 0.306 e. The predicted octanol–water partition coefficient (Wildman–Crippen LogP) is 1.97. The fourth-order valence-corrected chi connectivity index (χ4v) is 2.07. The average molecular weight is 262 g/mol. The molecule has 1 N–H and O–H groups in total. The van der Waals surface area contributed by atoms with Crippen molar-refractivity contribution in [3.63, 3.8) is 0 Å². The van der Waals surface area contributed by atoms with E-state index >= 15 is 0 Å². The zero-order valence-corrected chi connectivity index (χ0v) is 10.4. The maximum Gasteiger partial charge on any atom is 0.306 e. The molecule has 1 aromatic rings. The van der Waals surface area contributed by atoms with Crippen molar-refractivity contribution in [1.82, 2.24) is 5.32 Å². The summed E-state index contributed by atoms with van der Waals surface area (Å²) in [6.45, 7) is 0.442. The van der Waals surface area contributed by atoms with Crippen LogP contribution in [0.1, 0.15) is 17.7 Å². The molecule has 0 spiro atoms. The molecule has 4 nitrogen and oxygen atoms in total. The second kappa shape index (κ2) is 6.50. The molecule has 0 aliphatic rings. The van der Waals surface area contributed by atoms with Crippen LogP contribution in [0.4, 0.5) is 0 Å². The van der Waals surface area contributed by atoms with Gasteiger partial charge in [0.2, 0.25) is 5.91 Å². The van der Waals surface area contributed by atoms with Gasteiger partial charge in [0, 0.05) is 11.3 Å². The number of carbonyl (C=O) groups excluding carboxylic acids is 2. The molecule has 0 fully saturated rings. The van der Waals surface area contributed by atoms with Gasteiger partial charge in [-0.15, -0.1) is 11.3 Å². The van der Waals surface area contributed by atoms with E-state index in [2.05, 4.69) is 10.1 Å². The highest BCUT2D eigenvalue weighted by molar-refractivity contribution is 7.16. The Kier molecular flexibility index (Phi) is 5.28. The number of rotatable bonds is 5. The average Bonchev–Trinajstić information content (AvgIpc) is 2.69.